The molecule has 2 atom stereocenters. The minimum atomic E-state index is -0.609. The minimum Gasteiger partial charge on any atom is -0.493 e. The van der Waals surface area contributed by atoms with Gasteiger partial charge in [-0.15, -0.1) is 0 Å². The van der Waals surface area contributed by atoms with Crippen LogP contribution < -0.4 is 18.9 Å². The number of rotatable bonds is 4. The SMILES string of the molecule is COc1cc(C2CC(O)c3ccc4ccccc4c3O2)cc(OC)c1OC. The van der Waals surface area contributed by atoms with Gasteiger partial charge in [0.2, 0.25) is 5.75 Å². The zero-order valence-electron chi connectivity index (χ0n) is 15.6. The van der Waals surface area contributed by atoms with E-state index in [4.69, 9.17) is 18.9 Å². The Balaban J connectivity index is 1.80. The molecule has 0 bridgehead atoms. The van der Waals surface area contributed by atoms with Gasteiger partial charge in [0.05, 0.1) is 27.4 Å². The Labute approximate surface area is 158 Å². The molecule has 0 spiro atoms. The lowest BCUT2D eigenvalue weighted by atomic mass is 9.92. The van der Waals surface area contributed by atoms with Gasteiger partial charge >= 0.3 is 0 Å². The summed E-state index contributed by atoms with van der Waals surface area (Å²) in [7, 11) is 4.74. The summed E-state index contributed by atoms with van der Waals surface area (Å²) in [6, 6.07) is 15.7. The Hall–Kier alpha value is -2.92. The highest BCUT2D eigenvalue weighted by molar-refractivity contribution is 5.90. The van der Waals surface area contributed by atoms with Crippen molar-refractivity contribution in [2.75, 3.05) is 21.3 Å². The van der Waals surface area contributed by atoms with Crippen molar-refractivity contribution in [3.8, 4) is 23.0 Å². The molecule has 0 saturated carbocycles. The molecular formula is C22H22O5. The summed E-state index contributed by atoms with van der Waals surface area (Å²) >= 11 is 0. The Morgan fingerprint density at radius 1 is 0.926 bits per heavy atom. The molecule has 5 nitrogen and oxygen atoms in total. The largest absolute Gasteiger partial charge is 0.493 e. The van der Waals surface area contributed by atoms with Gasteiger partial charge in [-0.05, 0) is 17.5 Å². The van der Waals surface area contributed by atoms with Gasteiger partial charge < -0.3 is 24.1 Å². The lowest BCUT2D eigenvalue weighted by Crippen LogP contribution is -2.19. The summed E-state index contributed by atoms with van der Waals surface area (Å²) in [5.41, 5.74) is 1.68. The minimum absolute atomic E-state index is 0.327. The van der Waals surface area contributed by atoms with Crippen molar-refractivity contribution in [2.45, 2.75) is 18.6 Å². The fraction of sp³-hybridized carbons (Fsp3) is 0.273. The molecular weight excluding hydrogens is 344 g/mol. The predicted molar refractivity (Wildman–Crippen MR) is 103 cm³/mol. The lowest BCUT2D eigenvalue weighted by Gasteiger charge is -2.31. The maximum absolute atomic E-state index is 10.7. The first-order valence-electron chi connectivity index (χ1n) is 8.82. The monoisotopic (exact) mass is 366 g/mol. The second-order valence-electron chi connectivity index (χ2n) is 6.52. The summed E-state index contributed by atoms with van der Waals surface area (Å²) in [6.07, 6.45) is -0.487. The van der Waals surface area contributed by atoms with Gasteiger partial charge in [-0.3, -0.25) is 0 Å². The van der Waals surface area contributed by atoms with Gasteiger partial charge in [0, 0.05) is 22.9 Å². The second-order valence-corrected chi connectivity index (χ2v) is 6.52. The van der Waals surface area contributed by atoms with Crippen molar-refractivity contribution < 1.29 is 24.1 Å². The van der Waals surface area contributed by atoms with Crippen molar-refractivity contribution in [2.24, 2.45) is 0 Å². The van der Waals surface area contributed by atoms with Crippen molar-refractivity contribution in [1.82, 2.24) is 0 Å². The molecule has 2 unspecified atom stereocenters. The van der Waals surface area contributed by atoms with Crippen LogP contribution in [0, 0.1) is 0 Å². The highest BCUT2D eigenvalue weighted by Gasteiger charge is 2.30. The van der Waals surface area contributed by atoms with Crippen LogP contribution in [0.15, 0.2) is 48.5 Å². The van der Waals surface area contributed by atoms with Crippen LogP contribution in [0.4, 0.5) is 0 Å². The Morgan fingerprint density at radius 3 is 2.30 bits per heavy atom. The molecule has 0 radical (unpaired) electrons. The molecule has 0 amide bonds. The lowest BCUT2D eigenvalue weighted by molar-refractivity contribution is 0.0669. The molecule has 1 aliphatic heterocycles. The molecule has 27 heavy (non-hydrogen) atoms. The molecule has 1 aliphatic rings. The first-order chi connectivity index (χ1) is 13.2. The van der Waals surface area contributed by atoms with Crippen LogP contribution in [0.2, 0.25) is 0 Å². The number of benzene rings is 3. The van der Waals surface area contributed by atoms with Crippen LogP contribution in [0.3, 0.4) is 0 Å². The number of hydrogen-bond acceptors (Lipinski definition) is 5. The fourth-order valence-corrected chi connectivity index (χ4v) is 3.67. The standard InChI is InChI=1S/C22H22O5/c1-24-19-10-14(11-20(25-2)22(19)26-3)18-12-17(23)16-9-8-13-6-4-5-7-15(13)21(16)27-18/h4-11,17-18,23H,12H2,1-3H3. The summed E-state index contributed by atoms with van der Waals surface area (Å²) in [6.45, 7) is 0. The summed E-state index contributed by atoms with van der Waals surface area (Å²) in [4.78, 5) is 0. The molecule has 0 fully saturated rings. The molecule has 1 heterocycles. The van der Waals surface area contributed by atoms with Gasteiger partial charge in [0.1, 0.15) is 11.9 Å². The van der Waals surface area contributed by atoms with E-state index in [-0.39, 0.29) is 6.10 Å². The molecule has 4 rings (SSSR count). The van der Waals surface area contributed by atoms with E-state index >= 15 is 0 Å². The number of ether oxygens (including phenoxy) is 4. The first-order valence-corrected chi connectivity index (χ1v) is 8.82. The van der Waals surface area contributed by atoms with Crippen LogP contribution in [-0.4, -0.2) is 26.4 Å². The van der Waals surface area contributed by atoms with Crippen molar-refractivity contribution in [1.29, 1.82) is 0 Å². The van der Waals surface area contributed by atoms with E-state index in [0.717, 1.165) is 27.6 Å². The maximum atomic E-state index is 10.7. The average Bonchev–Trinajstić information content (AvgIpc) is 2.72. The fourth-order valence-electron chi connectivity index (χ4n) is 3.67. The second kappa shape index (κ2) is 7.00. The van der Waals surface area contributed by atoms with Crippen LogP contribution in [0.5, 0.6) is 23.0 Å². The van der Waals surface area contributed by atoms with Gasteiger partial charge in [0.15, 0.2) is 11.5 Å². The quantitative estimate of drug-likeness (QED) is 0.741. The van der Waals surface area contributed by atoms with Crippen LogP contribution in [0.25, 0.3) is 10.8 Å². The van der Waals surface area contributed by atoms with E-state index in [9.17, 15) is 5.11 Å². The maximum Gasteiger partial charge on any atom is 0.203 e. The number of fused-ring (bicyclic) bond motifs is 3. The number of aliphatic hydroxyl groups is 1. The summed E-state index contributed by atoms with van der Waals surface area (Å²) in [5.74, 6) is 2.39. The molecule has 5 heteroatoms. The Kier molecular flexibility index (Phi) is 4.54. The number of methoxy groups -OCH3 is 3. The van der Waals surface area contributed by atoms with Crippen LogP contribution in [0.1, 0.15) is 29.8 Å². The third-order valence-electron chi connectivity index (χ3n) is 5.03. The van der Waals surface area contributed by atoms with Crippen molar-refractivity contribution in [3.63, 3.8) is 0 Å². The van der Waals surface area contributed by atoms with Crippen LogP contribution >= 0.6 is 0 Å². The zero-order valence-corrected chi connectivity index (χ0v) is 15.6. The van der Waals surface area contributed by atoms with Gasteiger partial charge in [-0.1, -0.05) is 36.4 Å². The molecule has 1 N–H and O–H groups in total. The summed E-state index contributed by atoms with van der Waals surface area (Å²) in [5, 5.41) is 12.8. The summed E-state index contributed by atoms with van der Waals surface area (Å²) < 4.78 is 22.7. The molecule has 3 aromatic carbocycles. The molecule has 0 saturated heterocycles. The topological polar surface area (TPSA) is 57.2 Å². The first kappa shape index (κ1) is 17.5. The van der Waals surface area contributed by atoms with E-state index in [2.05, 4.69) is 0 Å². The molecule has 140 valence electrons. The van der Waals surface area contributed by atoms with Crippen molar-refractivity contribution in [3.05, 3.63) is 59.7 Å². The molecule has 0 aliphatic carbocycles. The molecule has 3 aromatic rings. The van der Waals surface area contributed by atoms with Crippen molar-refractivity contribution >= 4 is 10.8 Å². The predicted octanol–water partition coefficient (Wildman–Crippen LogP) is 4.42. The molecule has 0 aromatic heterocycles. The number of aliphatic hydroxyl groups excluding tert-OH is 1. The third-order valence-corrected chi connectivity index (χ3v) is 5.03. The van der Waals surface area contributed by atoms with Gasteiger partial charge in [0.25, 0.3) is 0 Å². The van der Waals surface area contributed by atoms with E-state index < -0.39 is 6.10 Å². The Morgan fingerprint density at radius 2 is 1.63 bits per heavy atom. The van der Waals surface area contributed by atoms with E-state index in [0.29, 0.717) is 23.7 Å². The average molecular weight is 366 g/mol. The highest BCUT2D eigenvalue weighted by Crippen LogP contribution is 2.47. The normalized spacial score (nSPS) is 18.5. The van der Waals surface area contributed by atoms with Gasteiger partial charge in [-0.25, -0.2) is 0 Å². The number of hydrogen-bond donors (Lipinski definition) is 1. The van der Waals surface area contributed by atoms with E-state index in [1.165, 1.54) is 0 Å². The Bertz CT molecular complexity index is 957. The van der Waals surface area contributed by atoms with E-state index in [1.54, 1.807) is 21.3 Å². The highest BCUT2D eigenvalue weighted by atomic mass is 16.5. The smallest absolute Gasteiger partial charge is 0.203 e. The third kappa shape index (κ3) is 2.94. The van der Waals surface area contributed by atoms with E-state index in [1.807, 2.05) is 48.5 Å². The van der Waals surface area contributed by atoms with Crippen LogP contribution in [-0.2, 0) is 0 Å². The zero-order chi connectivity index (χ0) is 19.0. The van der Waals surface area contributed by atoms with Gasteiger partial charge in [-0.2, -0.15) is 0 Å².